The average molecular weight is 398 g/mol. The summed E-state index contributed by atoms with van der Waals surface area (Å²) in [6, 6.07) is 17.1. The van der Waals surface area contributed by atoms with Gasteiger partial charge in [0.15, 0.2) is 0 Å². The fourth-order valence-electron chi connectivity index (χ4n) is 3.43. The van der Waals surface area contributed by atoms with Crippen LogP contribution in [0.5, 0.6) is 17.2 Å². The molecule has 0 N–H and O–H groups in total. The van der Waals surface area contributed by atoms with E-state index >= 15 is 0 Å². The zero-order chi connectivity index (χ0) is 20.9. The largest absolute Gasteiger partial charge is 0.496 e. The second-order valence-electron chi connectivity index (χ2n) is 7.15. The molecule has 30 heavy (non-hydrogen) atoms. The minimum Gasteiger partial charge on any atom is -0.496 e. The van der Waals surface area contributed by atoms with Crippen molar-refractivity contribution in [2.24, 2.45) is 0 Å². The number of nitrogens with zero attached hydrogens (tertiary/aromatic N) is 2. The number of hydrogen-bond donors (Lipinski definition) is 0. The quantitative estimate of drug-likeness (QED) is 0.434. The van der Waals surface area contributed by atoms with Gasteiger partial charge in [0.1, 0.15) is 23.0 Å². The van der Waals surface area contributed by atoms with Crippen LogP contribution in [-0.2, 0) is 17.6 Å². The van der Waals surface area contributed by atoms with Crippen molar-refractivity contribution >= 4 is 16.7 Å². The van der Waals surface area contributed by atoms with Gasteiger partial charge in [0.2, 0.25) is 0 Å². The van der Waals surface area contributed by atoms with E-state index in [9.17, 15) is 4.79 Å². The third-order valence-corrected chi connectivity index (χ3v) is 4.90. The molecule has 2 aromatic heterocycles. The molecular formula is C25H22N2O3. The fourth-order valence-corrected chi connectivity index (χ4v) is 3.43. The molecule has 0 radical (unpaired) electrons. The number of aryl methyl sites for hydroxylation is 1. The highest BCUT2D eigenvalue weighted by Crippen LogP contribution is 2.33. The standard InChI is InChI=1S/C25H22N2O3/c1-17-12-23-22(16-25(17)29-2)24(8-11-27-23)30-21-5-3-4-19(15-21)14-20(28)13-18-6-9-26-10-7-18/h3-12,15-16H,13-14H2,1-2H3. The molecule has 0 spiro atoms. The number of Topliss-reactive ketones (excluding diaryl/α,β-unsaturated/α-hetero) is 1. The summed E-state index contributed by atoms with van der Waals surface area (Å²) >= 11 is 0. The van der Waals surface area contributed by atoms with Crippen molar-refractivity contribution < 1.29 is 14.3 Å². The van der Waals surface area contributed by atoms with Crippen LogP contribution in [0.2, 0.25) is 0 Å². The summed E-state index contributed by atoms with van der Waals surface area (Å²) in [4.78, 5) is 20.9. The van der Waals surface area contributed by atoms with Crippen LogP contribution in [0.4, 0.5) is 0 Å². The van der Waals surface area contributed by atoms with Gasteiger partial charge in [-0.1, -0.05) is 12.1 Å². The van der Waals surface area contributed by atoms with Crippen molar-refractivity contribution in [2.75, 3.05) is 7.11 Å². The second kappa shape index (κ2) is 8.74. The molecule has 0 saturated heterocycles. The molecule has 150 valence electrons. The molecule has 4 aromatic rings. The zero-order valence-corrected chi connectivity index (χ0v) is 17.0. The van der Waals surface area contributed by atoms with Crippen LogP contribution in [0.25, 0.3) is 10.9 Å². The van der Waals surface area contributed by atoms with Crippen molar-refractivity contribution in [1.29, 1.82) is 0 Å². The molecule has 0 bridgehead atoms. The predicted molar refractivity (Wildman–Crippen MR) is 116 cm³/mol. The lowest BCUT2D eigenvalue weighted by Gasteiger charge is -2.12. The minimum absolute atomic E-state index is 0.146. The van der Waals surface area contributed by atoms with Gasteiger partial charge in [-0.25, -0.2) is 0 Å². The van der Waals surface area contributed by atoms with E-state index in [1.54, 1.807) is 25.7 Å². The molecule has 2 aromatic carbocycles. The number of benzene rings is 2. The van der Waals surface area contributed by atoms with Gasteiger partial charge in [-0.15, -0.1) is 0 Å². The molecule has 0 unspecified atom stereocenters. The first-order valence-electron chi connectivity index (χ1n) is 9.73. The summed E-state index contributed by atoms with van der Waals surface area (Å²) in [5.41, 5.74) is 3.74. The lowest BCUT2D eigenvalue weighted by atomic mass is 10.0. The highest BCUT2D eigenvalue weighted by Gasteiger charge is 2.10. The molecule has 0 atom stereocenters. The van der Waals surface area contributed by atoms with Gasteiger partial charge >= 0.3 is 0 Å². The summed E-state index contributed by atoms with van der Waals surface area (Å²) in [6.45, 7) is 1.99. The Kier molecular flexibility index (Phi) is 5.70. The van der Waals surface area contributed by atoms with E-state index in [1.165, 1.54) is 0 Å². The van der Waals surface area contributed by atoms with Crippen LogP contribution in [0.1, 0.15) is 16.7 Å². The Morgan fingerprint density at radius 2 is 1.70 bits per heavy atom. The van der Waals surface area contributed by atoms with Crippen LogP contribution in [0.15, 0.2) is 73.2 Å². The van der Waals surface area contributed by atoms with E-state index in [1.807, 2.05) is 61.5 Å². The van der Waals surface area contributed by atoms with Crippen LogP contribution in [0, 0.1) is 6.92 Å². The second-order valence-corrected chi connectivity index (χ2v) is 7.15. The number of ether oxygens (including phenoxy) is 2. The highest BCUT2D eigenvalue weighted by molar-refractivity contribution is 5.87. The lowest BCUT2D eigenvalue weighted by molar-refractivity contribution is -0.117. The fraction of sp³-hybridized carbons (Fsp3) is 0.160. The van der Waals surface area contributed by atoms with E-state index in [4.69, 9.17) is 9.47 Å². The van der Waals surface area contributed by atoms with Crippen LogP contribution in [-0.4, -0.2) is 22.9 Å². The third-order valence-electron chi connectivity index (χ3n) is 4.90. The number of rotatable bonds is 7. The maximum Gasteiger partial charge on any atom is 0.141 e. The Morgan fingerprint density at radius 3 is 2.50 bits per heavy atom. The van der Waals surface area contributed by atoms with Crippen molar-refractivity contribution in [2.45, 2.75) is 19.8 Å². The van der Waals surface area contributed by atoms with Crippen molar-refractivity contribution in [3.05, 3.63) is 89.9 Å². The molecule has 0 fully saturated rings. The number of hydrogen-bond acceptors (Lipinski definition) is 5. The van der Waals surface area contributed by atoms with Gasteiger partial charge in [0, 0.05) is 36.8 Å². The molecule has 0 aliphatic heterocycles. The van der Waals surface area contributed by atoms with Gasteiger partial charge in [-0.2, -0.15) is 0 Å². The van der Waals surface area contributed by atoms with E-state index in [2.05, 4.69) is 9.97 Å². The Morgan fingerprint density at radius 1 is 0.900 bits per heavy atom. The minimum atomic E-state index is 0.146. The van der Waals surface area contributed by atoms with E-state index in [0.29, 0.717) is 24.3 Å². The highest BCUT2D eigenvalue weighted by atomic mass is 16.5. The number of methoxy groups -OCH3 is 1. The Labute approximate surface area is 175 Å². The number of ketones is 1. The molecule has 4 rings (SSSR count). The van der Waals surface area contributed by atoms with Crippen molar-refractivity contribution in [3.63, 3.8) is 0 Å². The Hall–Kier alpha value is -3.73. The van der Waals surface area contributed by atoms with Gasteiger partial charge in [-0.3, -0.25) is 14.8 Å². The number of pyridine rings is 2. The third kappa shape index (κ3) is 4.46. The maximum atomic E-state index is 12.4. The molecule has 5 nitrogen and oxygen atoms in total. The first-order chi connectivity index (χ1) is 14.6. The topological polar surface area (TPSA) is 61.3 Å². The normalized spacial score (nSPS) is 10.7. The van der Waals surface area contributed by atoms with Crippen molar-refractivity contribution in [1.82, 2.24) is 9.97 Å². The summed E-state index contributed by atoms with van der Waals surface area (Å²) in [6.07, 6.45) is 5.87. The molecule has 5 heteroatoms. The number of carbonyl (C=O) groups is 1. The van der Waals surface area contributed by atoms with Gasteiger partial charge in [0.05, 0.1) is 12.6 Å². The van der Waals surface area contributed by atoms with Crippen LogP contribution >= 0.6 is 0 Å². The molecular weight excluding hydrogens is 376 g/mol. The maximum absolute atomic E-state index is 12.4. The first kappa shape index (κ1) is 19.6. The zero-order valence-electron chi connectivity index (χ0n) is 17.0. The molecule has 0 amide bonds. The lowest BCUT2D eigenvalue weighted by Crippen LogP contribution is -2.06. The van der Waals surface area contributed by atoms with Crippen LogP contribution in [0.3, 0.4) is 0 Å². The Bertz CT molecular complexity index is 1190. The van der Waals surface area contributed by atoms with E-state index in [-0.39, 0.29) is 5.78 Å². The Balaban J connectivity index is 1.54. The predicted octanol–water partition coefficient (Wildman–Crippen LogP) is 5.09. The van der Waals surface area contributed by atoms with Gasteiger partial charge < -0.3 is 9.47 Å². The summed E-state index contributed by atoms with van der Waals surface area (Å²) in [7, 11) is 1.65. The summed E-state index contributed by atoms with van der Waals surface area (Å²) in [5, 5.41) is 0.874. The number of aromatic nitrogens is 2. The monoisotopic (exact) mass is 398 g/mol. The molecule has 0 saturated carbocycles. The number of fused-ring (bicyclic) bond motifs is 1. The van der Waals surface area contributed by atoms with E-state index < -0.39 is 0 Å². The summed E-state index contributed by atoms with van der Waals surface area (Å²) < 4.78 is 11.6. The molecule has 2 heterocycles. The van der Waals surface area contributed by atoms with Crippen molar-refractivity contribution in [3.8, 4) is 17.2 Å². The first-order valence-corrected chi connectivity index (χ1v) is 9.73. The average Bonchev–Trinajstić information content (AvgIpc) is 2.74. The smallest absolute Gasteiger partial charge is 0.141 e. The number of carbonyl (C=O) groups excluding carboxylic acids is 1. The van der Waals surface area contributed by atoms with Gasteiger partial charge in [0.25, 0.3) is 0 Å². The molecule has 0 aliphatic carbocycles. The summed E-state index contributed by atoms with van der Waals surface area (Å²) in [5.74, 6) is 2.30. The van der Waals surface area contributed by atoms with Crippen LogP contribution < -0.4 is 9.47 Å². The van der Waals surface area contributed by atoms with E-state index in [0.717, 1.165) is 33.3 Å². The van der Waals surface area contributed by atoms with Gasteiger partial charge in [-0.05, 0) is 66.1 Å². The molecule has 0 aliphatic rings. The SMILES string of the molecule is COc1cc2c(Oc3cccc(CC(=O)Cc4ccncc4)c3)ccnc2cc1C.